The molecule has 0 saturated carbocycles. The molecule has 3 heteroatoms. The van der Waals surface area contributed by atoms with Gasteiger partial charge in [0.2, 0.25) is 0 Å². The van der Waals surface area contributed by atoms with E-state index in [-0.39, 0.29) is 5.34 Å². The molecule has 0 fully saturated rings. The van der Waals surface area contributed by atoms with Crippen LogP contribution in [0.25, 0.3) is 0 Å². The van der Waals surface area contributed by atoms with E-state index in [2.05, 4.69) is 48.5 Å². The Bertz CT molecular complexity index is 338. The van der Waals surface area contributed by atoms with Crippen LogP contribution in [0.1, 0.15) is 0 Å². The molecule has 0 saturated heterocycles. The molecule has 0 aliphatic rings. The lowest BCUT2D eigenvalue weighted by molar-refractivity contribution is 1.41. The second-order valence-electron chi connectivity index (χ2n) is 2.83. The van der Waals surface area contributed by atoms with Crippen molar-refractivity contribution < 1.29 is 0 Å². The molecular formula is C13H12Cl2S. The van der Waals surface area contributed by atoms with E-state index in [0.29, 0.717) is 0 Å². The Balaban J connectivity index is 0.000000386. The Morgan fingerprint density at radius 2 is 1.00 bits per heavy atom. The van der Waals surface area contributed by atoms with Crippen molar-refractivity contribution in [2.75, 3.05) is 5.34 Å². The molecule has 0 unspecified atom stereocenters. The monoisotopic (exact) mass is 270 g/mol. The van der Waals surface area contributed by atoms with Crippen molar-refractivity contribution in [1.82, 2.24) is 0 Å². The van der Waals surface area contributed by atoms with Crippen LogP contribution in [0.5, 0.6) is 0 Å². The molecule has 0 amide bonds. The molecule has 84 valence electrons. The second kappa shape index (κ2) is 8.51. The van der Waals surface area contributed by atoms with Gasteiger partial charge in [-0.15, -0.1) is 23.2 Å². The quantitative estimate of drug-likeness (QED) is 0.671. The number of alkyl halides is 2. The van der Waals surface area contributed by atoms with Crippen LogP contribution in [0.4, 0.5) is 0 Å². The first-order chi connectivity index (χ1) is 7.86. The highest BCUT2D eigenvalue weighted by Crippen LogP contribution is 2.26. The van der Waals surface area contributed by atoms with Crippen molar-refractivity contribution in [2.24, 2.45) is 0 Å². The molecule has 2 aromatic carbocycles. The second-order valence-corrected chi connectivity index (χ2v) is 4.78. The molecule has 16 heavy (non-hydrogen) atoms. The van der Waals surface area contributed by atoms with Gasteiger partial charge in [0, 0.05) is 9.79 Å². The van der Waals surface area contributed by atoms with Crippen LogP contribution in [0.3, 0.4) is 0 Å². The summed E-state index contributed by atoms with van der Waals surface area (Å²) in [5, 5.41) is 0.194. The molecule has 0 aliphatic heterocycles. The van der Waals surface area contributed by atoms with Crippen LogP contribution in [0.15, 0.2) is 70.5 Å². The van der Waals surface area contributed by atoms with Crippen molar-refractivity contribution in [3.63, 3.8) is 0 Å². The lowest BCUT2D eigenvalue weighted by Crippen LogP contribution is -1.70. The fourth-order valence-corrected chi connectivity index (χ4v) is 1.97. The van der Waals surface area contributed by atoms with E-state index in [0.717, 1.165) is 0 Å². The fourth-order valence-electron chi connectivity index (χ4n) is 1.11. The van der Waals surface area contributed by atoms with E-state index in [1.807, 2.05) is 12.1 Å². The van der Waals surface area contributed by atoms with Gasteiger partial charge in [0.15, 0.2) is 0 Å². The summed E-state index contributed by atoms with van der Waals surface area (Å²) in [5.74, 6) is 0. The van der Waals surface area contributed by atoms with Crippen molar-refractivity contribution in [3.8, 4) is 0 Å². The van der Waals surface area contributed by atoms with Gasteiger partial charge in [-0.1, -0.05) is 48.2 Å². The van der Waals surface area contributed by atoms with Crippen molar-refractivity contribution in [1.29, 1.82) is 0 Å². The molecule has 0 aliphatic carbocycles. The fraction of sp³-hybridized carbons (Fsp3) is 0.0769. The van der Waals surface area contributed by atoms with Gasteiger partial charge in [-0.2, -0.15) is 0 Å². The first kappa shape index (κ1) is 13.4. The lowest BCUT2D eigenvalue weighted by Gasteiger charge is -1.99. The van der Waals surface area contributed by atoms with Crippen LogP contribution in [0.2, 0.25) is 0 Å². The van der Waals surface area contributed by atoms with Crippen molar-refractivity contribution in [3.05, 3.63) is 60.7 Å². The normalized spacial score (nSPS) is 9.12. The Morgan fingerprint density at radius 1 is 0.688 bits per heavy atom. The van der Waals surface area contributed by atoms with Crippen molar-refractivity contribution >= 4 is 35.0 Å². The third-order valence-electron chi connectivity index (χ3n) is 1.72. The summed E-state index contributed by atoms with van der Waals surface area (Å²) in [6, 6.07) is 20.8. The summed E-state index contributed by atoms with van der Waals surface area (Å²) < 4.78 is 0. The summed E-state index contributed by atoms with van der Waals surface area (Å²) >= 11 is 11.3. The van der Waals surface area contributed by atoms with Gasteiger partial charge in [0.05, 0.1) is 5.34 Å². The number of rotatable bonds is 2. The van der Waals surface area contributed by atoms with Crippen LogP contribution in [0, 0.1) is 0 Å². The highest BCUT2D eigenvalue weighted by Gasteiger charge is 1.93. The molecule has 2 aromatic rings. The van der Waals surface area contributed by atoms with Gasteiger partial charge in [0.25, 0.3) is 0 Å². The number of halogens is 2. The maximum atomic E-state index is 4.76. The van der Waals surface area contributed by atoms with Crippen LogP contribution in [-0.2, 0) is 0 Å². The minimum atomic E-state index is 0.194. The van der Waals surface area contributed by atoms with Crippen molar-refractivity contribution in [2.45, 2.75) is 9.79 Å². The van der Waals surface area contributed by atoms with Gasteiger partial charge in [0.1, 0.15) is 0 Å². The standard InChI is InChI=1S/C12H10S.CH2Cl2/c1-3-7-11(8-4-1)13-12-9-5-2-6-10-12;2-1-3/h1-10H;1H2. The molecule has 0 radical (unpaired) electrons. The lowest BCUT2D eigenvalue weighted by atomic mass is 10.4. The average molecular weight is 271 g/mol. The molecular weight excluding hydrogens is 259 g/mol. The molecule has 2 rings (SSSR count). The topological polar surface area (TPSA) is 0 Å². The Kier molecular flexibility index (Phi) is 7.15. The Morgan fingerprint density at radius 3 is 1.31 bits per heavy atom. The van der Waals surface area contributed by atoms with E-state index in [9.17, 15) is 0 Å². The minimum Gasteiger partial charge on any atom is -0.109 e. The zero-order valence-electron chi connectivity index (χ0n) is 8.64. The Labute approximate surface area is 111 Å². The highest BCUT2D eigenvalue weighted by atomic mass is 35.5. The molecule has 0 bridgehead atoms. The first-order valence-electron chi connectivity index (χ1n) is 4.76. The molecule has 0 atom stereocenters. The molecule has 0 heterocycles. The van der Waals surface area contributed by atoms with Gasteiger partial charge in [-0.05, 0) is 24.3 Å². The summed E-state index contributed by atoms with van der Waals surface area (Å²) in [6.45, 7) is 0. The summed E-state index contributed by atoms with van der Waals surface area (Å²) in [7, 11) is 0. The summed E-state index contributed by atoms with van der Waals surface area (Å²) in [5.41, 5.74) is 0. The third kappa shape index (κ3) is 5.45. The Hall–Kier alpha value is -0.630. The van der Waals surface area contributed by atoms with E-state index in [1.54, 1.807) is 11.8 Å². The van der Waals surface area contributed by atoms with Crippen LogP contribution < -0.4 is 0 Å². The first-order valence-corrected chi connectivity index (χ1v) is 6.65. The third-order valence-corrected chi connectivity index (χ3v) is 2.74. The van der Waals surface area contributed by atoms with Gasteiger partial charge in [-0.3, -0.25) is 0 Å². The minimum absolute atomic E-state index is 0.194. The van der Waals surface area contributed by atoms with Crippen LogP contribution >= 0.6 is 35.0 Å². The van der Waals surface area contributed by atoms with Gasteiger partial charge < -0.3 is 0 Å². The maximum absolute atomic E-state index is 4.76. The van der Waals surface area contributed by atoms with E-state index in [4.69, 9.17) is 23.2 Å². The van der Waals surface area contributed by atoms with E-state index in [1.165, 1.54) is 9.79 Å². The number of hydrogen-bond acceptors (Lipinski definition) is 1. The SMILES string of the molecule is ClCCl.c1ccc(Sc2ccccc2)cc1. The average Bonchev–Trinajstić information content (AvgIpc) is 2.33. The summed E-state index contributed by atoms with van der Waals surface area (Å²) in [6.07, 6.45) is 0. The van der Waals surface area contributed by atoms with Gasteiger partial charge >= 0.3 is 0 Å². The van der Waals surface area contributed by atoms with Crippen LogP contribution in [-0.4, -0.2) is 5.34 Å². The smallest absolute Gasteiger partial charge is 0.0967 e. The van der Waals surface area contributed by atoms with Gasteiger partial charge in [-0.25, -0.2) is 0 Å². The molecule has 0 nitrogen and oxygen atoms in total. The van der Waals surface area contributed by atoms with E-state index >= 15 is 0 Å². The molecule has 0 aromatic heterocycles. The number of hydrogen-bond donors (Lipinski definition) is 0. The molecule has 0 N–H and O–H groups in total. The largest absolute Gasteiger partial charge is 0.109 e. The number of benzene rings is 2. The predicted octanol–water partition coefficient (Wildman–Crippen LogP) is 5.26. The predicted molar refractivity (Wildman–Crippen MR) is 73.6 cm³/mol. The molecule has 0 spiro atoms. The van der Waals surface area contributed by atoms with E-state index < -0.39 is 0 Å². The zero-order chi connectivity index (χ0) is 11.6. The zero-order valence-corrected chi connectivity index (χ0v) is 11.0. The highest BCUT2D eigenvalue weighted by molar-refractivity contribution is 7.99. The summed E-state index contributed by atoms with van der Waals surface area (Å²) in [4.78, 5) is 2.57. The maximum Gasteiger partial charge on any atom is 0.0967 e.